The number of carbonyl (C=O) groups is 3. The molecule has 2 aliphatic heterocycles. The molecule has 35 heavy (non-hydrogen) atoms. The van der Waals surface area contributed by atoms with E-state index < -0.39 is 29.9 Å². The zero-order valence-corrected chi connectivity index (χ0v) is 20.0. The number of hydrogen-bond acceptors (Lipinski definition) is 8. The number of fused-ring (bicyclic) bond motifs is 3. The Morgan fingerprint density at radius 2 is 1.83 bits per heavy atom. The number of carbonyl (C=O) groups excluding carboxylic acids is 3. The van der Waals surface area contributed by atoms with Gasteiger partial charge in [-0.3, -0.25) is 0 Å². The first-order valence-electron chi connectivity index (χ1n) is 11.5. The summed E-state index contributed by atoms with van der Waals surface area (Å²) >= 11 is 6.10. The van der Waals surface area contributed by atoms with Crippen LogP contribution in [0.1, 0.15) is 36.6 Å². The fourth-order valence-electron chi connectivity index (χ4n) is 4.72. The first-order valence-corrected chi connectivity index (χ1v) is 11.8. The average molecular weight is 502 g/mol. The van der Waals surface area contributed by atoms with Gasteiger partial charge in [0.2, 0.25) is 0 Å². The van der Waals surface area contributed by atoms with Crippen molar-refractivity contribution in [3.8, 4) is 11.5 Å². The van der Waals surface area contributed by atoms with Crippen molar-refractivity contribution >= 4 is 29.6 Å². The van der Waals surface area contributed by atoms with E-state index in [1.54, 1.807) is 36.9 Å². The molecule has 1 aliphatic carbocycles. The lowest BCUT2D eigenvalue weighted by Gasteiger charge is -2.23. The van der Waals surface area contributed by atoms with Gasteiger partial charge in [0.15, 0.2) is 11.5 Å². The molecule has 0 aromatic heterocycles. The smallest absolute Gasteiger partial charge is 0.453 e. The fourth-order valence-corrected chi connectivity index (χ4v) is 4.92. The number of rotatable bonds is 6. The molecule has 184 valence electrons. The van der Waals surface area contributed by atoms with Gasteiger partial charge in [-0.2, -0.15) is 0 Å². The minimum atomic E-state index is -2.36. The van der Waals surface area contributed by atoms with Gasteiger partial charge in [0, 0.05) is 16.6 Å². The molecule has 0 radical (unpaired) electrons. The van der Waals surface area contributed by atoms with E-state index in [1.807, 2.05) is 18.2 Å². The molecule has 1 amide bonds. The molecule has 0 bridgehead atoms. The van der Waals surface area contributed by atoms with Crippen LogP contribution in [0.5, 0.6) is 11.5 Å². The maximum atomic E-state index is 12.7. The maximum Gasteiger partial charge on any atom is 0.453 e. The summed E-state index contributed by atoms with van der Waals surface area (Å²) in [5.41, 5.74) is 2.52. The third kappa shape index (κ3) is 3.93. The molecule has 0 N–H and O–H groups in total. The fraction of sp³-hybridized carbons (Fsp3) is 0.400. The Morgan fingerprint density at radius 3 is 2.51 bits per heavy atom. The average Bonchev–Trinajstić information content (AvgIpc) is 3.54. The van der Waals surface area contributed by atoms with Gasteiger partial charge in [0.1, 0.15) is 6.10 Å². The SMILES string of the molecule is CCOC(=O)C1(C(=O)OCC)Oc2ccc3c(c2O1)C[C@H](N1C[C@@H](c2cccc(Cl)c2)OC1=O)C3. The number of cyclic esters (lactones) is 1. The standard InChI is InChI=1S/C25H24ClNO8/c1-3-31-22(28)25(23(29)32-4-2)34-19-9-8-14-11-17(12-18(14)21(19)35-25)27-13-20(33-24(27)30)15-6-5-7-16(26)10-15/h5-10,17,20H,3-4,11-13H2,1-2H3/t17-,20+/m1/s1. The summed E-state index contributed by atoms with van der Waals surface area (Å²) in [6, 6.07) is 10.6. The molecular formula is C25H24ClNO8. The van der Waals surface area contributed by atoms with Crippen LogP contribution in [0.3, 0.4) is 0 Å². The van der Waals surface area contributed by atoms with Crippen LogP contribution in [-0.4, -0.2) is 54.5 Å². The van der Waals surface area contributed by atoms with Gasteiger partial charge in [-0.25, -0.2) is 14.4 Å². The minimum absolute atomic E-state index is 0.0358. The second kappa shape index (κ2) is 8.96. The van der Waals surface area contributed by atoms with Gasteiger partial charge in [0.05, 0.1) is 19.8 Å². The predicted molar refractivity (Wildman–Crippen MR) is 122 cm³/mol. The topological polar surface area (TPSA) is 101 Å². The molecule has 10 heteroatoms. The van der Waals surface area contributed by atoms with Crippen molar-refractivity contribution in [1.29, 1.82) is 0 Å². The monoisotopic (exact) mass is 501 g/mol. The second-order valence-corrected chi connectivity index (χ2v) is 8.87. The van der Waals surface area contributed by atoms with E-state index in [0.29, 0.717) is 24.4 Å². The normalized spacial score (nSPS) is 21.5. The number of nitrogens with zero attached hydrogens (tertiary/aromatic N) is 1. The zero-order chi connectivity index (χ0) is 24.7. The van der Waals surface area contributed by atoms with Crippen molar-refractivity contribution in [3.05, 3.63) is 58.1 Å². The largest absolute Gasteiger partial charge is 0.460 e. The number of hydrogen-bond donors (Lipinski definition) is 0. The summed E-state index contributed by atoms with van der Waals surface area (Å²) in [6.07, 6.45) is 0.181. The van der Waals surface area contributed by atoms with E-state index in [4.69, 9.17) is 35.3 Å². The van der Waals surface area contributed by atoms with Gasteiger partial charge in [-0.05, 0) is 56.0 Å². The number of amides is 1. The van der Waals surface area contributed by atoms with Crippen molar-refractivity contribution in [3.63, 3.8) is 0 Å². The van der Waals surface area contributed by atoms with E-state index in [-0.39, 0.29) is 30.8 Å². The Labute approximate surface area is 206 Å². The van der Waals surface area contributed by atoms with E-state index >= 15 is 0 Å². The third-order valence-corrected chi connectivity index (χ3v) is 6.54. The molecular weight excluding hydrogens is 478 g/mol. The van der Waals surface area contributed by atoms with Gasteiger partial charge in [0.25, 0.3) is 0 Å². The molecule has 1 saturated heterocycles. The van der Waals surface area contributed by atoms with Crippen molar-refractivity contribution in [2.24, 2.45) is 0 Å². The van der Waals surface area contributed by atoms with E-state index in [0.717, 1.165) is 16.7 Å². The first kappa shape index (κ1) is 23.3. The molecule has 2 aromatic carbocycles. The number of benzene rings is 2. The molecule has 3 aliphatic rings. The highest BCUT2D eigenvalue weighted by Crippen LogP contribution is 2.48. The molecule has 2 heterocycles. The molecule has 0 unspecified atom stereocenters. The summed E-state index contributed by atoms with van der Waals surface area (Å²) in [4.78, 5) is 39.8. The maximum absolute atomic E-state index is 12.7. The lowest BCUT2D eigenvalue weighted by Crippen LogP contribution is -2.56. The van der Waals surface area contributed by atoms with Crippen LogP contribution in [0, 0.1) is 0 Å². The van der Waals surface area contributed by atoms with E-state index in [9.17, 15) is 14.4 Å². The summed E-state index contributed by atoms with van der Waals surface area (Å²) in [5, 5.41) is 0.574. The van der Waals surface area contributed by atoms with Gasteiger partial charge >= 0.3 is 23.8 Å². The van der Waals surface area contributed by atoms with Crippen molar-refractivity contribution < 1.29 is 38.1 Å². The van der Waals surface area contributed by atoms with E-state index in [1.165, 1.54) is 0 Å². The quantitative estimate of drug-likeness (QED) is 0.336. The van der Waals surface area contributed by atoms with Crippen LogP contribution < -0.4 is 9.47 Å². The molecule has 0 saturated carbocycles. The molecule has 2 aromatic rings. The van der Waals surface area contributed by atoms with E-state index in [2.05, 4.69) is 0 Å². The number of halogens is 1. The summed E-state index contributed by atoms with van der Waals surface area (Å²) < 4.78 is 27.3. The third-order valence-electron chi connectivity index (χ3n) is 6.31. The Bertz CT molecular complexity index is 1180. The molecule has 9 nitrogen and oxygen atoms in total. The predicted octanol–water partition coefficient (Wildman–Crippen LogP) is 3.59. The summed E-state index contributed by atoms with van der Waals surface area (Å²) in [5.74, 6) is -3.79. The van der Waals surface area contributed by atoms with Crippen LogP contribution in [0.4, 0.5) is 4.79 Å². The molecule has 0 spiro atoms. The minimum Gasteiger partial charge on any atom is -0.460 e. The summed E-state index contributed by atoms with van der Waals surface area (Å²) in [6.45, 7) is 3.69. The van der Waals surface area contributed by atoms with Crippen molar-refractivity contribution in [2.45, 2.75) is 44.6 Å². The first-order chi connectivity index (χ1) is 16.9. The number of ether oxygens (including phenoxy) is 5. The van der Waals surface area contributed by atoms with Gasteiger partial charge in [-0.1, -0.05) is 29.8 Å². The van der Waals surface area contributed by atoms with Crippen molar-refractivity contribution in [1.82, 2.24) is 4.90 Å². The van der Waals surface area contributed by atoms with Crippen LogP contribution in [0.25, 0.3) is 0 Å². The van der Waals surface area contributed by atoms with Crippen LogP contribution >= 0.6 is 11.6 Å². The lowest BCUT2D eigenvalue weighted by molar-refractivity contribution is -0.202. The lowest BCUT2D eigenvalue weighted by atomic mass is 10.1. The van der Waals surface area contributed by atoms with Crippen LogP contribution in [0.15, 0.2) is 36.4 Å². The molecule has 2 atom stereocenters. The highest BCUT2D eigenvalue weighted by atomic mass is 35.5. The van der Waals surface area contributed by atoms with Crippen molar-refractivity contribution in [2.75, 3.05) is 19.8 Å². The highest BCUT2D eigenvalue weighted by Gasteiger charge is 2.60. The van der Waals surface area contributed by atoms with Gasteiger partial charge in [-0.15, -0.1) is 0 Å². The van der Waals surface area contributed by atoms with Crippen LogP contribution in [-0.2, 0) is 36.6 Å². The molecule has 5 rings (SSSR count). The Balaban J connectivity index is 1.38. The number of esters is 2. The van der Waals surface area contributed by atoms with Crippen LogP contribution in [0.2, 0.25) is 5.02 Å². The Kier molecular flexibility index (Phi) is 5.96. The highest BCUT2D eigenvalue weighted by molar-refractivity contribution is 6.30. The Morgan fingerprint density at radius 1 is 1.09 bits per heavy atom. The summed E-state index contributed by atoms with van der Waals surface area (Å²) in [7, 11) is 0. The second-order valence-electron chi connectivity index (χ2n) is 8.43. The Hall–Kier alpha value is -3.46. The zero-order valence-electron chi connectivity index (χ0n) is 19.2. The molecule has 1 fully saturated rings. The van der Waals surface area contributed by atoms with Gasteiger partial charge < -0.3 is 28.6 Å².